The van der Waals surface area contributed by atoms with E-state index in [1.807, 2.05) is 0 Å². The van der Waals surface area contributed by atoms with Crippen LogP contribution in [0.3, 0.4) is 0 Å². The lowest BCUT2D eigenvalue weighted by Crippen LogP contribution is -2.26. The van der Waals surface area contributed by atoms with Crippen molar-refractivity contribution in [3.05, 3.63) is 29.6 Å². The first-order valence-electron chi connectivity index (χ1n) is 5.04. The maximum Gasteiger partial charge on any atom is 0.243 e. The molecule has 3 N–H and O–H groups in total. The monoisotopic (exact) mass is 244 g/mol. The van der Waals surface area contributed by atoms with E-state index in [0.717, 1.165) is 18.9 Å². The minimum atomic E-state index is -3.72. The Morgan fingerprint density at radius 3 is 2.62 bits per heavy atom. The molecule has 1 saturated carbocycles. The number of rotatable bonds is 4. The van der Waals surface area contributed by atoms with Crippen LogP contribution in [0, 0.1) is 5.82 Å². The third-order valence-electron chi connectivity index (χ3n) is 2.42. The van der Waals surface area contributed by atoms with Crippen molar-refractivity contribution >= 4 is 10.0 Å². The Morgan fingerprint density at radius 2 is 2.12 bits per heavy atom. The molecule has 1 aromatic rings. The van der Waals surface area contributed by atoms with Crippen LogP contribution in [-0.2, 0) is 16.6 Å². The molecule has 0 unspecified atom stereocenters. The Hall–Kier alpha value is -0.980. The first-order chi connectivity index (χ1) is 7.53. The number of benzene rings is 1. The summed E-state index contributed by atoms with van der Waals surface area (Å²) in [4.78, 5) is -0.309. The fourth-order valence-corrected chi connectivity index (χ4v) is 2.74. The number of halogens is 1. The number of hydrogen-bond acceptors (Lipinski definition) is 3. The van der Waals surface area contributed by atoms with Gasteiger partial charge in [0, 0.05) is 12.6 Å². The first-order valence-corrected chi connectivity index (χ1v) is 6.52. The van der Waals surface area contributed by atoms with Crippen molar-refractivity contribution in [3.63, 3.8) is 0 Å². The van der Waals surface area contributed by atoms with Gasteiger partial charge in [0.15, 0.2) is 0 Å². The van der Waals surface area contributed by atoms with Crippen LogP contribution in [0.5, 0.6) is 0 Å². The average Bonchev–Trinajstić information content (AvgIpc) is 3.00. The SMILES string of the molecule is NCc1ccc(S(=O)(=O)NC2CC2)c(F)c1. The standard InChI is InChI=1S/C10H13FN2O2S/c11-9-5-7(6-12)1-4-10(9)16(14,15)13-8-2-3-8/h1,4-5,8,13H,2-3,6,12H2. The number of hydrogen-bond donors (Lipinski definition) is 2. The van der Waals surface area contributed by atoms with Gasteiger partial charge >= 0.3 is 0 Å². The maximum atomic E-state index is 13.5. The van der Waals surface area contributed by atoms with Crippen molar-refractivity contribution in [1.82, 2.24) is 4.72 Å². The Kier molecular flexibility index (Phi) is 2.96. The molecule has 1 aliphatic rings. The Morgan fingerprint density at radius 1 is 1.44 bits per heavy atom. The van der Waals surface area contributed by atoms with E-state index in [2.05, 4.69) is 4.72 Å². The van der Waals surface area contributed by atoms with Gasteiger partial charge in [-0.05, 0) is 30.5 Å². The van der Waals surface area contributed by atoms with E-state index in [-0.39, 0.29) is 17.5 Å². The van der Waals surface area contributed by atoms with E-state index in [1.54, 1.807) is 0 Å². The third-order valence-corrected chi connectivity index (χ3v) is 3.97. The molecule has 1 fully saturated rings. The van der Waals surface area contributed by atoms with Crippen molar-refractivity contribution in [3.8, 4) is 0 Å². The second kappa shape index (κ2) is 4.12. The molecule has 1 aliphatic carbocycles. The summed E-state index contributed by atoms with van der Waals surface area (Å²) in [6.45, 7) is 0.188. The molecule has 0 aromatic heterocycles. The van der Waals surface area contributed by atoms with Gasteiger partial charge in [0.1, 0.15) is 10.7 Å². The molecule has 6 heteroatoms. The zero-order valence-corrected chi connectivity index (χ0v) is 9.43. The molecule has 0 heterocycles. The van der Waals surface area contributed by atoms with Crippen LogP contribution >= 0.6 is 0 Å². The van der Waals surface area contributed by atoms with Crippen LogP contribution in [0.4, 0.5) is 4.39 Å². The smallest absolute Gasteiger partial charge is 0.243 e. The highest BCUT2D eigenvalue weighted by Gasteiger charge is 2.29. The molecule has 2 rings (SSSR count). The molecular weight excluding hydrogens is 231 g/mol. The molecular formula is C10H13FN2O2S. The van der Waals surface area contributed by atoms with Crippen LogP contribution in [0.25, 0.3) is 0 Å². The van der Waals surface area contributed by atoms with Crippen LogP contribution < -0.4 is 10.5 Å². The fraction of sp³-hybridized carbons (Fsp3) is 0.400. The largest absolute Gasteiger partial charge is 0.326 e. The Balaban J connectivity index is 2.31. The summed E-state index contributed by atoms with van der Waals surface area (Å²) >= 11 is 0. The molecule has 0 atom stereocenters. The Labute approximate surface area is 93.7 Å². The summed E-state index contributed by atoms with van der Waals surface area (Å²) in [6.07, 6.45) is 1.64. The lowest BCUT2D eigenvalue weighted by atomic mass is 10.2. The van der Waals surface area contributed by atoms with Gasteiger partial charge in [-0.1, -0.05) is 6.07 Å². The van der Waals surface area contributed by atoms with E-state index in [1.165, 1.54) is 12.1 Å². The molecule has 0 radical (unpaired) electrons. The highest BCUT2D eigenvalue weighted by Crippen LogP contribution is 2.23. The van der Waals surface area contributed by atoms with Gasteiger partial charge in [0.05, 0.1) is 0 Å². The predicted octanol–water partition coefficient (Wildman–Crippen LogP) is 0.725. The summed E-state index contributed by atoms with van der Waals surface area (Å²) in [5, 5.41) is 0. The topological polar surface area (TPSA) is 72.2 Å². The van der Waals surface area contributed by atoms with Gasteiger partial charge in [-0.15, -0.1) is 0 Å². The van der Waals surface area contributed by atoms with E-state index in [4.69, 9.17) is 5.73 Å². The molecule has 0 amide bonds. The van der Waals surface area contributed by atoms with Crippen molar-refractivity contribution in [1.29, 1.82) is 0 Å². The highest BCUT2D eigenvalue weighted by atomic mass is 32.2. The highest BCUT2D eigenvalue weighted by molar-refractivity contribution is 7.89. The maximum absolute atomic E-state index is 13.5. The van der Waals surface area contributed by atoms with Gasteiger partial charge in [0.2, 0.25) is 10.0 Å². The Bertz CT molecular complexity index is 498. The zero-order chi connectivity index (χ0) is 11.8. The predicted molar refractivity (Wildman–Crippen MR) is 57.6 cm³/mol. The van der Waals surface area contributed by atoms with Gasteiger partial charge < -0.3 is 5.73 Å². The van der Waals surface area contributed by atoms with Crippen LogP contribution in [0.15, 0.2) is 23.1 Å². The average molecular weight is 244 g/mol. The second-order valence-electron chi connectivity index (χ2n) is 3.86. The van der Waals surface area contributed by atoms with E-state index >= 15 is 0 Å². The molecule has 16 heavy (non-hydrogen) atoms. The van der Waals surface area contributed by atoms with Crippen LogP contribution in [0.2, 0.25) is 0 Å². The number of nitrogens with one attached hydrogen (secondary N) is 1. The summed E-state index contributed by atoms with van der Waals surface area (Å²) in [6, 6.07) is 3.90. The summed E-state index contributed by atoms with van der Waals surface area (Å²) < 4.78 is 39.4. The van der Waals surface area contributed by atoms with Crippen molar-refractivity contribution in [2.45, 2.75) is 30.3 Å². The lowest BCUT2D eigenvalue weighted by molar-refractivity contribution is 0.555. The molecule has 0 aliphatic heterocycles. The lowest BCUT2D eigenvalue weighted by Gasteiger charge is -2.07. The van der Waals surface area contributed by atoms with Crippen LogP contribution in [-0.4, -0.2) is 14.5 Å². The van der Waals surface area contributed by atoms with Gasteiger partial charge in [-0.2, -0.15) is 0 Å². The molecule has 0 bridgehead atoms. The van der Waals surface area contributed by atoms with Gasteiger partial charge in [-0.3, -0.25) is 0 Å². The van der Waals surface area contributed by atoms with Crippen LogP contribution in [0.1, 0.15) is 18.4 Å². The molecule has 4 nitrogen and oxygen atoms in total. The van der Waals surface area contributed by atoms with E-state index in [0.29, 0.717) is 5.56 Å². The first kappa shape index (κ1) is 11.5. The van der Waals surface area contributed by atoms with Gasteiger partial charge in [0.25, 0.3) is 0 Å². The quantitative estimate of drug-likeness (QED) is 0.820. The minimum Gasteiger partial charge on any atom is -0.326 e. The molecule has 88 valence electrons. The summed E-state index contributed by atoms with van der Waals surface area (Å²) in [7, 11) is -3.72. The second-order valence-corrected chi connectivity index (χ2v) is 5.55. The van der Waals surface area contributed by atoms with E-state index in [9.17, 15) is 12.8 Å². The zero-order valence-electron chi connectivity index (χ0n) is 8.61. The molecule has 1 aromatic carbocycles. The number of nitrogens with two attached hydrogens (primary N) is 1. The molecule has 0 spiro atoms. The van der Waals surface area contributed by atoms with E-state index < -0.39 is 15.8 Å². The normalized spacial score (nSPS) is 16.4. The van der Waals surface area contributed by atoms with Crippen molar-refractivity contribution in [2.24, 2.45) is 5.73 Å². The minimum absolute atomic E-state index is 0.0291. The summed E-state index contributed by atoms with van der Waals surface area (Å²) in [5.74, 6) is -0.754. The van der Waals surface area contributed by atoms with Crippen molar-refractivity contribution in [2.75, 3.05) is 0 Å². The summed E-state index contributed by atoms with van der Waals surface area (Å²) in [5.41, 5.74) is 5.91. The molecule has 0 saturated heterocycles. The fourth-order valence-electron chi connectivity index (χ4n) is 1.37. The third kappa shape index (κ3) is 2.40. The van der Waals surface area contributed by atoms with Crippen molar-refractivity contribution < 1.29 is 12.8 Å². The number of sulfonamides is 1. The van der Waals surface area contributed by atoms with Gasteiger partial charge in [-0.25, -0.2) is 17.5 Å².